The molecule has 0 heterocycles. The minimum Gasteiger partial charge on any atom is -0.445 e. The van der Waals surface area contributed by atoms with E-state index in [1.807, 2.05) is 0 Å². The number of nitrogens with one attached hydrogen (secondary N) is 2. The highest BCUT2D eigenvalue weighted by Gasteiger charge is 2.29. The van der Waals surface area contributed by atoms with Crippen molar-refractivity contribution in [2.45, 2.75) is 38.5 Å². The molecule has 2 aromatic carbocycles. The Morgan fingerprint density at radius 3 is 2.09 bits per heavy atom. The molecule has 2 amide bonds. The number of alkyl carbamates (subject to hydrolysis) is 1. The average molecular weight is 503 g/mol. The third-order valence-corrected chi connectivity index (χ3v) is 4.78. The predicted octanol–water partition coefficient (Wildman–Crippen LogP) is 2.83. The lowest BCUT2D eigenvalue weighted by Crippen LogP contribution is -2.50. The van der Waals surface area contributed by atoms with Crippen LogP contribution < -0.4 is 21.1 Å². The minimum absolute atomic E-state index is 0.0364. The number of benzene rings is 2. The summed E-state index contributed by atoms with van der Waals surface area (Å²) in [6, 6.07) is 7.22. The minimum atomic E-state index is -2.39. The van der Waals surface area contributed by atoms with Gasteiger partial charge in [0.2, 0.25) is 40.7 Å². The number of hydrogen-bond acceptors (Lipinski definition) is 6. The van der Waals surface area contributed by atoms with Crippen LogP contribution in [0.5, 0.6) is 5.75 Å². The zero-order chi connectivity index (χ0) is 26.1. The Morgan fingerprint density at radius 1 is 0.943 bits per heavy atom. The van der Waals surface area contributed by atoms with Crippen molar-refractivity contribution >= 4 is 18.0 Å². The lowest BCUT2D eigenvalue weighted by atomic mass is 10.0. The molecule has 0 aliphatic rings. The third-order valence-electron chi connectivity index (χ3n) is 4.78. The zero-order valence-corrected chi connectivity index (χ0v) is 18.4. The van der Waals surface area contributed by atoms with Gasteiger partial charge in [-0.1, -0.05) is 30.3 Å². The molecular weight excluding hydrogens is 481 g/mol. The molecule has 2 unspecified atom stereocenters. The number of halogens is 5. The van der Waals surface area contributed by atoms with Crippen LogP contribution in [0.3, 0.4) is 0 Å². The van der Waals surface area contributed by atoms with Crippen molar-refractivity contribution in [1.82, 2.24) is 10.6 Å². The second-order valence-corrected chi connectivity index (χ2v) is 7.36. The van der Waals surface area contributed by atoms with Crippen molar-refractivity contribution in [3.8, 4) is 5.75 Å². The predicted molar refractivity (Wildman–Crippen MR) is 111 cm³/mol. The van der Waals surface area contributed by atoms with Crippen molar-refractivity contribution < 1.29 is 45.8 Å². The van der Waals surface area contributed by atoms with Gasteiger partial charge in [-0.3, -0.25) is 9.59 Å². The molecule has 0 saturated heterocycles. The second kappa shape index (κ2) is 12.6. The van der Waals surface area contributed by atoms with E-state index < -0.39 is 71.4 Å². The molecule has 190 valence electrons. The normalized spacial score (nSPS) is 12.5. The maximum atomic E-state index is 13.7. The monoisotopic (exact) mass is 503 g/mol. The van der Waals surface area contributed by atoms with E-state index >= 15 is 0 Å². The van der Waals surface area contributed by atoms with E-state index in [0.29, 0.717) is 0 Å². The largest absolute Gasteiger partial charge is 0.445 e. The van der Waals surface area contributed by atoms with Crippen molar-refractivity contribution in [2.24, 2.45) is 5.73 Å². The van der Waals surface area contributed by atoms with E-state index in [4.69, 9.17) is 10.5 Å². The summed E-state index contributed by atoms with van der Waals surface area (Å²) < 4.78 is 76.4. The number of carbonyl (C=O) groups is 3. The molecular formula is C22H22F5N3O5. The van der Waals surface area contributed by atoms with Crippen LogP contribution in [0.4, 0.5) is 26.7 Å². The molecule has 0 aromatic heterocycles. The molecule has 4 N–H and O–H groups in total. The number of nitrogens with two attached hydrogens (primary N) is 1. The van der Waals surface area contributed by atoms with Crippen molar-refractivity contribution in [2.75, 3.05) is 6.54 Å². The molecule has 0 aliphatic heterocycles. The van der Waals surface area contributed by atoms with E-state index in [9.17, 15) is 36.3 Å². The summed E-state index contributed by atoms with van der Waals surface area (Å²) in [6.07, 6.45) is -0.928. The van der Waals surface area contributed by atoms with Gasteiger partial charge in [0.15, 0.2) is 0 Å². The van der Waals surface area contributed by atoms with Gasteiger partial charge in [-0.25, -0.2) is 18.0 Å². The summed E-state index contributed by atoms with van der Waals surface area (Å²) in [4.78, 5) is 35.3. The van der Waals surface area contributed by atoms with Crippen molar-refractivity contribution in [3.05, 3.63) is 65.0 Å². The van der Waals surface area contributed by atoms with Crippen LogP contribution in [-0.2, 0) is 20.9 Å². The summed E-state index contributed by atoms with van der Waals surface area (Å²) in [5.41, 5.74) is 5.86. The highest BCUT2D eigenvalue weighted by molar-refractivity contribution is 5.75. The molecule has 0 fully saturated rings. The molecule has 13 heteroatoms. The zero-order valence-electron chi connectivity index (χ0n) is 18.4. The molecule has 2 aromatic rings. The molecule has 0 aliphatic carbocycles. The number of carbonyl (C=O) groups excluding carboxylic acids is 3. The van der Waals surface area contributed by atoms with Gasteiger partial charge in [0.05, 0.1) is 6.54 Å². The Kier molecular flexibility index (Phi) is 9.94. The summed E-state index contributed by atoms with van der Waals surface area (Å²) >= 11 is 0. The van der Waals surface area contributed by atoms with Crippen LogP contribution in [-0.4, -0.2) is 36.6 Å². The van der Waals surface area contributed by atoms with Gasteiger partial charge in [-0.15, -0.1) is 0 Å². The van der Waals surface area contributed by atoms with Gasteiger partial charge < -0.3 is 25.8 Å². The van der Waals surface area contributed by atoms with Gasteiger partial charge in [-0.05, 0) is 18.9 Å². The SMILES string of the molecule is CC(NCC(=O)Oc1c(F)c(F)c(F)c(F)c1F)C(CCC(N)=O)NC(=O)OCc1ccccc1. The first-order valence-electron chi connectivity index (χ1n) is 10.2. The maximum absolute atomic E-state index is 13.7. The highest BCUT2D eigenvalue weighted by Crippen LogP contribution is 2.29. The first-order chi connectivity index (χ1) is 16.5. The Morgan fingerprint density at radius 2 is 1.51 bits per heavy atom. The van der Waals surface area contributed by atoms with E-state index in [0.717, 1.165) is 5.56 Å². The summed E-state index contributed by atoms with van der Waals surface area (Å²) in [7, 11) is 0. The molecule has 0 saturated carbocycles. The quantitative estimate of drug-likeness (QED) is 0.143. The number of rotatable bonds is 11. The molecule has 0 radical (unpaired) electrons. The summed E-state index contributed by atoms with van der Waals surface area (Å²) in [5, 5.41) is 5.09. The van der Waals surface area contributed by atoms with Crippen LogP contribution in [0.15, 0.2) is 30.3 Å². The van der Waals surface area contributed by atoms with Crippen LogP contribution >= 0.6 is 0 Å². The van der Waals surface area contributed by atoms with Crippen molar-refractivity contribution in [1.29, 1.82) is 0 Å². The van der Waals surface area contributed by atoms with Crippen molar-refractivity contribution in [3.63, 3.8) is 0 Å². The van der Waals surface area contributed by atoms with Gasteiger partial charge in [0.1, 0.15) is 6.61 Å². The molecule has 2 rings (SSSR count). The first-order valence-corrected chi connectivity index (χ1v) is 10.2. The summed E-state index contributed by atoms with van der Waals surface area (Å²) in [5.74, 6) is -15.3. The lowest BCUT2D eigenvalue weighted by Gasteiger charge is -2.25. The Balaban J connectivity index is 1.97. The fraction of sp³-hybridized carbons (Fsp3) is 0.318. The van der Waals surface area contributed by atoms with Crippen LogP contribution in [0, 0.1) is 29.1 Å². The van der Waals surface area contributed by atoms with Gasteiger partial charge >= 0.3 is 12.1 Å². The molecule has 0 bridgehead atoms. The number of ether oxygens (including phenoxy) is 2. The van der Waals surface area contributed by atoms with Crippen LogP contribution in [0.25, 0.3) is 0 Å². The highest BCUT2D eigenvalue weighted by atomic mass is 19.2. The Hall–Kier alpha value is -3.74. The van der Waals surface area contributed by atoms with Crippen LogP contribution in [0.1, 0.15) is 25.3 Å². The molecule has 8 nitrogen and oxygen atoms in total. The summed E-state index contributed by atoms with van der Waals surface area (Å²) in [6.45, 7) is 0.717. The van der Waals surface area contributed by atoms with Crippen LogP contribution in [0.2, 0.25) is 0 Å². The van der Waals surface area contributed by atoms with Gasteiger partial charge in [0, 0.05) is 18.5 Å². The number of primary amides is 1. The number of amides is 2. The smallest absolute Gasteiger partial charge is 0.407 e. The fourth-order valence-electron chi connectivity index (χ4n) is 2.87. The molecule has 2 atom stereocenters. The third kappa shape index (κ3) is 7.91. The second-order valence-electron chi connectivity index (χ2n) is 7.36. The topological polar surface area (TPSA) is 120 Å². The molecule has 0 spiro atoms. The first kappa shape index (κ1) is 27.5. The maximum Gasteiger partial charge on any atom is 0.407 e. The number of esters is 1. The van der Waals surface area contributed by atoms with E-state index in [1.165, 1.54) is 6.92 Å². The molecule has 35 heavy (non-hydrogen) atoms. The van der Waals surface area contributed by atoms with Gasteiger partial charge in [-0.2, -0.15) is 8.78 Å². The van der Waals surface area contributed by atoms with E-state index in [-0.39, 0.29) is 19.4 Å². The standard InChI is InChI=1S/C22H22F5N3O5/c1-11(29-9-15(32)35-21-19(26)17(24)16(23)18(25)20(21)27)13(7-8-14(28)31)30-22(33)34-10-12-5-3-2-4-6-12/h2-6,11,13,29H,7-10H2,1H3,(H2,28,31)(H,30,33). The van der Waals surface area contributed by atoms with E-state index in [1.54, 1.807) is 30.3 Å². The van der Waals surface area contributed by atoms with Gasteiger partial charge in [0.25, 0.3) is 0 Å². The number of hydrogen-bond donors (Lipinski definition) is 3. The average Bonchev–Trinajstić information content (AvgIpc) is 2.84. The Bertz CT molecular complexity index is 1040. The lowest BCUT2D eigenvalue weighted by molar-refractivity contribution is -0.134. The van der Waals surface area contributed by atoms with E-state index in [2.05, 4.69) is 15.4 Å². The fourth-order valence-corrected chi connectivity index (χ4v) is 2.87. The Labute approximate surface area is 196 Å².